The lowest BCUT2D eigenvalue weighted by Crippen LogP contribution is -2.22. The zero-order chi connectivity index (χ0) is 10.1. The largest absolute Gasteiger partial charge is 0.365 e. The summed E-state index contributed by atoms with van der Waals surface area (Å²) in [4.78, 5) is 32.6. The number of hydrogen-bond donors (Lipinski definition) is 2. The number of carbonyl (C=O) groups excluding carboxylic acids is 1. The van der Waals surface area contributed by atoms with Crippen LogP contribution in [0.2, 0.25) is 0 Å². The molecule has 0 saturated heterocycles. The molecule has 0 saturated carbocycles. The van der Waals surface area contributed by atoms with Crippen LogP contribution in [-0.2, 0) is 0 Å². The molecule has 2 rings (SSSR count). The summed E-state index contributed by atoms with van der Waals surface area (Å²) in [5.74, 6) is -0.772. The first-order chi connectivity index (χ1) is 6.70. The van der Waals surface area contributed by atoms with Crippen LogP contribution >= 0.6 is 0 Å². The van der Waals surface area contributed by atoms with Crippen molar-refractivity contribution in [1.29, 1.82) is 0 Å². The fourth-order valence-electron chi connectivity index (χ4n) is 1.14. The minimum atomic E-state index is -0.772. The van der Waals surface area contributed by atoms with Gasteiger partial charge in [-0.05, 0) is 0 Å². The van der Waals surface area contributed by atoms with Gasteiger partial charge >= 0.3 is 0 Å². The molecular formula is C8H6N4O2. The Hall–Kier alpha value is -2.24. The topological polar surface area (TPSA) is 102 Å². The first-order valence-corrected chi connectivity index (χ1v) is 3.81. The van der Waals surface area contributed by atoms with E-state index >= 15 is 0 Å². The molecule has 0 radical (unpaired) electrons. The molecule has 0 aromatic carbocycles. The second-order valence-electron chi connectivity index (χ2n) is 2.68. The maximum absolute atomic E-state index is 11.6. The molecule has 3 N–H and O–H groups in total. The van der Waals surface area contributed by atoms with Crippen molar-refractivity contribution in [3.8, 4) is 0 Å². The Labute approximate surface area is 77.8 Å². The maximum Gasteiger partial charge on any atom is 0.254 e. The molecule has 0 bridgehead atoms. The number of carbonyl (C=O) groups is 1. The van der Waals surface area contributed by atoms with Gasteiger partial charge in [-0.25, -0.2) is 9.97 Å². The fraction of sp³-hybridized carbons (Fsp3) is 0. The van der Waals surface area contributed by atoms with Gasteiger partial charge in [-0.15, -0.1) is 0 Å². The maximum atomic E-state index is 11.6. The third-order valence-electron chi connectivity index (χ3n) is 1.81. The molecule has 6 nitrogen and oxygen atoms in total. The van der Waals surface area contributed by atoms with Gasteiger partial charge in [0, 0.05) is 6.20 Å². The average molecular weight is 190 g/mol. The number of primary amides is 1. The number of aromatic amines is 1. The van der Waals surface area contributed by atoms with Crippen LogP contribution in [0, 0.1) is 0 Å². The molecule has 0 atom stereocenters. The predicted molar refractivity (Wildman–Crippen MR) is 48.7 cm³/mol. The van der Waals surface area contributed by atoms with Gasteiger partial charge in [0.25, 0.3) is 5.91 Å². The number of aromatic nitrogens is 3. The van der Waals surface area contributed by atoms with Crippen LogP contribution in [0.3, 0.4) is 0 Å². The summed E-state index contributed by atoms with van der Waals surface area (Å²) in [6, 6.07) is 0. The highest BCUT2D eigenvalue weighted by atomic mass is 16.2. The summed E-state index contributed by atoms with van der Waals surface area (Å²) in [7, 11) is 0. The number of hydrogen-bond acceptors (Lipinski definition) is 4. The third kappa shape index (κ3) is 1.13. The average Bonchev–Trinajstić information content (AvgIpc) is 2.18. The number of amides is 1. The van der Waals surface area contributed by atoms with Crippen molar-refractivity contribution in [2.24, 2.45) is 5.73 Å². The first kappa shape index (κ1) is 8.36. The lowest BCUT2D eigenvalue weighted by Gasteiger charge is -1.97. The van der Waals surface area contributed by atoms with Crippen molar-refractivity contribution in [1.82, 2.24) is 15.0 Å². The van der Waals surface area contributed by atoms with Crippen molar-refractivity contribution in [2.75, 3.05) is 0 Å². The third-order valence-corrected chi connectivity index (χ3v) is 1.81. The summed E-state index contributed by atoms with van der Waals surface area (Å²) in [6.45, 7) is 0. The van der Waals surface area contributed by atoms with Crippen molar-refractivity contribution >= 4 is 16.9 Å². The molecule has 2 aromatic rings. The van der Waals surface area contributed by atoms with E-state index in [2.05, 4.69) is 15.0 Å². The molecule has 0 unspecified atom stereocenters. The Balaban J connectivity index is 2.89. The van der Waals surface area contributed by atoms with Gasteiger partial charge < -0.3 is 10.7 Å². The van der Waals surface area contributed by atoms with E-state index in [0.29, 0.717) is 5.52 Å². The zero-order valence-electron chi connectivity index (χ0n) is 7.02. The van der Waals surface area contributed by atoms with Gasteiger partial charge in [0.15, 0.2) is 0 Å². The highest BCUT2D eigenvalue weighted by Crippen LogP contribution is 2.01. The molecule has 6 heteroatoms. The van der Waals surface area contributed by atoms with Crippen LogP contribution in [0.1, 0.15) is 10.4 Å². The highest BCUT2D eigenvalue weighted by molar-refractivity contribution is 5.95. The fourth-order valence-corrected chi connectivity index (χ4v) is 1.14. The quantitative estimate of drug-likeness (QED) is 0.627. The van der Waals surface area contributed by atoms with E-state index < -0.39 is 11.3 Å². The minimum absolute atomic E-state index is 0.101. The molecule has 70 valence electrons. The number of nitrogens with two attached hydrogens (primary N) is 1. The van der Waals surface area contributed by atoms with E-state index in [1.807, 2.05) is 0 Å². The molecule has 1 amide bonds. The van der Waals surface area contributed by atoms with Crippen molar-refractivity contribution in [3.05, 3.63) is 34.5 Å². The second-order valence-corrected chi connectivity index (χ2v) is 2.68. The lowest BCUT2D eigenvalue weighted by atomic mass is 10.2. The summed E-state index contributed by atoms with van der Waals surface area (Å²) >= 11 is 0. The molecule has 0 spiro atoms. The van der Waals surface area contributed by atoms with Gasteiger partial charge in [0.2, 0.25) is 5.43 Å². The summed E-state index contributed by atoms with van der Waals surface area (Å²) in [5, 5.41) is 0. The molecule has 0 fully saturated rings. The highest BCUT2D eigenvalue weighted by Gasteiger charge is 2.09. The summed E-state index contributed by atoms with van der Waals surface area (Å²) in [5.41, 5.74) is 5.06. The standard InChI is InChI=1S/C8H6N4O2/c9-8(14)4-1-11-5-2-10-3-12-6(5)7(4)13/h1-3H,(H2,9,14)(H,11,13). The van der Waals surface area contributed by atoms with E-state index in [4.69, 9.17) is 5.73 Å². The van der Waals surface area contributed by atoms with Gasteiger partial charge in [-0.2, -0.15) is 0 Å². The Bertz CT molecular complexity index is 561. The van der Waals surface area contributed by atoms with Crippen LogP contribution in [0.4, 0.5) is 0 Å². The smallest absolute Gasteiger partial charge is 0.254 e. The van der Waals surface area contributed by atoms with Crippen molar-refractivity contribution in [3.63, 3.8) is 0 Å². The van der Waals surface area contributed by atoms with Crippen molar-refractivity contribution < 1.29 is 4.79 Å². The monoisotopic (exact) mass is 190 g/mol. The van der Waals surface area contributed by atoms with E-state index in [9.17, 15) is 9.59 Å². The number of fused-ring (bicyclic) bond motifs is 1. The van der Waals surface area contributed by atoms with Crippen LogP contribution in [0.15, 0.2) is 23.5 Å². The lowest BCUT2D eigenvalue weighted by molar-refractivity contribution is 0.0999. The van der Waals surface area contributed by atoms with Crippen LogP contribution < -0.4 is 11.2 Å². The van der Waals surface area contributed by atoms with Gasteiger partial charge in [-0.3, -0.25) is 9.59 Å². The molecule has 14 heavy (non-hydrogen) atoms. The Kier molecular flexibility index (Phi) is 1.74. The van der Waals surface area contributed by atoms with Crippen LogP contribution in [0.25, 0.3) is 11.0 Å². The van der Waals surface area contributed by atoms with Crippen LogP contribution in [-0.4, -0.2) is 20.9 Å². The number of nitrogens with zero attached hydrogens (tertiary/aromatic N) is 2. The number of rotatable bonds is 1. The molecule has 0 aliphatic heterocycles. The summed E-state index contributed by atoms with van der Waals surface area (Å²) < 4.78 is 0. The second kappa shape index (κ2) is 2.91. The van der Waals surface area contributed by atoms with Gasteiger partial charge in [0.05, 0.1) is 11.7 Å². The number of pyridine rings is 1. The van der Waals surface area contributed by atoms with E-state index in [0.717, 1.165) is 0 Å². The molecular weight excluding hydrogens is 184 g/mol. The Morgan fingerprint density at radius 2 is 2.29 bits per heavy atom. The molecule has 0 aliphatic carbocycles. The SMILES string of the molecule is NC(=O)c1c[nH]c2cncnc2c1=O. The Morgan fingerprint density at radius 1 is 1.50 bits per heavy atom. The Morgan fingerprint density at radius 3 is 3.00 bits per heavy atom. The van der Waals surface area contributed by atoms with Gasteiger partial charge in [0.1, 0.15) is 17.4 Å². The number of nitrogens with one attached hydrogen (secondary N) is 1. The predicted octanol–water partition coefficient (Wildman–Crippen LogP) is -0.583. The van der Waals surface area contributed by atoms with Crippen LogP contribution in [0.5, 0.6) is 0 Å². The van der Waals surface area contributed by atoms with E-state index in [1.165, 1.54) is 18.7 Å². The van der Waals surface area contributed by atoms with E-state index in [1.54, 1.807) is 0 Å². The normalized spacial score (nSPS) is 10.3. The minimum Gasteiger partial charge on any atom is -0.365 e. The molecule has 2 heterocycles. The first-order valence-electron chi connectivity index (χ1n) is 3.81. The molecule has 0 aliphatic rings. The van der Waals surface area contributed by atoms with E-state index in [-0.39, 0.29) is 11.1 Å². The van der Waals surface area contributed by atoms with Crippen molar-refractivity contribution in [2.45, 2.75) is 0 Å². The number of H-pyrrole nitrogens is 1. The molecule has 2 aromatic heterocycles. The zero-order valence-corrected chi connectivity index (χ0v) is 7.02. The van der Waals surface area contributed by atoms with Gasteiger partial charge in [-0.1, -0.05) is 0 Å². The summed E-state index contributed by atoms with van der Waals surface area (Å²) in [6.07, 6.45) is 3.95.